The lowest BCUT2D eigenvalue weighted by molar-refractivity contribution is 0.231. The second-order valence-corrected chi connectivity index (χ2v) is 6.81. The molecule has 2 amide bonds. The van der Waals surface area contributed by atoms with Crippen LogP contribution in [0.4, 0.5) is 4.79 Å². The van der Waals surface area contributed by atoms with Crippen molar-refractivity contribution in [3.63, 3.8) is 0 Å². The van der Waals surface area contributed by atoms with E-state index >= 15 is 0 Å². The van der Waals surface area contributed by atoms with Gasteiger partial charge in [-0.25, -0.2) is 9.78 Å². The summed E-state index contributed by atoms with van der Waals surface area (Å²) >= 11 is 1.58. The SMILES string of the molecule is CC[C@H](NC(=O)N[C@H](C)Cn1nc(C)cc1C)c1nc(C)cs1. The molecule has 0 saturated carbocycles. The Balaban J connectivity index is 1.89. The summed E-state index contributed by atoms with van der Waals surface area (Å²) in [5, 5.41) is 13.3. The highest BCUT2D eigenvalue weighted by Gasteiger charge is 2.17. The average Bonchev–Trinajstić information content (AvgIpc) is 3.02. The molecular weight excluding hydrogens is 310 g/mol. The molecule has 0 radical (unpaired) electrons. The van der Waals surface area contributed by atoms with Gasteiger partial charge in [0.25, 0.3) is 0 Å². The fraction of sp³-hybridized carbons (Fsp3) is 0.562. The third-order valence-corrected chi connectivity index (χ3v) is 4.65. The topological polar surface area (TPSA) is 71.8 Å². The zero-order valence-corrected chi connectivity index (χ0v) is 15.2. The second-order valence-electron chi connectivity index (χ2n) is 5.92. The van der Waals surface area contributed by atoms with E-state index in [1.54, 1.807) is 11.3 Å². The molecule has 0 aliphatic carbocycles. The molecule has 2 aromatic rings. The Morgan fingerprint density at radius 2 is 2.04 bits per heavy atom. The molecule has 0 unspecified atom stereocenters. The van der Waals surface area contributed by atoms with Crippen molar-refractivity contribution in [2.45, 2.75) is 59.7 Å². The number of hydrogen-bond donors (Lipinski definition) is 2. The van der Waals surface area contributed by atoms with Crippen LogP contribution in [0.15, 0.2) is 11.4 Å². The third-order valence-electron chi connectivity index (χ3n) is 3.58. The maximum absolute atomic E-state index is 12.2. The number of aryl methyl sites for hydroxylation is 3. The molecule has 2 aromatic heterocycles. The van der Waals surface area contributed by atoms with Crippen molar-refractivity contribution >= 4 is 17.4 Å². The molecule has 0 spiro atoms. The van der Waals surface area contributed by atoms with Crippen molar-refractivity contribution in [3.8, 4) is 0 Å². The highest BCUT2D eigenvalue weighted by molar-refractivity contribution is 7.09. The zero-order chi connectivity index (χ0) is 17.0. The van der Waals surface area contributed by atoms with Gasteiger partial charge >= 0.3 is 6.03 Å². The number of aromatic nitrogens is 3. The molecule has 126 valence electrons. The Morgan fingerprint density at radius 3 is 2.57 bits per heavy atom. The summed E-state index contributed by atoms with van der Waals surface area (Å²) in [4.78, 5) is 16.7. The van der Waals surface area contributed by atoms with Crippen LogP contribution in [0, 0.1) is 20.8 Å². The highest BCUT2D eigenvalue weighted by Crippen LogP contribution is 2.20. The molecule has 0 aromatic carbocycles. The Hall–Kier alpha value is -1.89. The van der Waals surface area contributed by atoms with E-state index in [1.807, 2.05) is 50.7 Å². The zero-order valence-electron chi connectivity index (χ0n) is 14.4. The maximum Gasteiger partial charge on any atom is 0.315 e. The largest absolute Gasteiger partial charge is 0.334 e. The fourth-order valence-corrected chi connectivity index (χ4v) is 3.39. The molecule has 6 nitrogen and oxygen atoms in total. The lowest BCUT2D eigenvalue weighted by atomic mass is 10.2. The van der Waals surface area contributed by atoms with Crippen LogP contribution in [-0.2, 0) is 6.54 Å². The van der Waals surface area contributed by atoms with Gasteiger partial charge in [0.15, 0.2) is 0 Å². The van der Waals surface area contributed by atoms with Crippen molar-refractivity contribution < 1.29 is 4.79 Å². The van der Waals surface area contributed by atoms with Crippen LogP contribution in [0.1, 0.15) is 48.4 Å². The summed E-state index contributed by atoms with van der Waals surface area (Å²) in [6.45, 7) is 10.6. The van der Waals surface area contributed by atoms with E-state index in [4.69, 9.17) is 0 Å². The summed E-state index contributed by atoms with van der Waals surface area (Å²) in [6, 6.07) is 1.81. The van der Waals surface area contributed by atoms with Crippen LogP contribution in [0.3, 0.4) is 0 Å². The lowest BCUT2D eigenvalue weighted by Gasteiger charge is -2.19. The van der Waals surface area contributed by atoms with Gasteiger partial charge in [-0.05, 0) is 40.2 Å². The number of hydrogen-bond acceptors (Lipinski definition) is 4. The van der Waals surface area contributed by atoms with E-state index < -0.39 is 0 Å². The summed E-state index contributed by atoms with van der Waals surface area (Å²) in [5.74, 6) is 0. The number of carbonyl (C=O) groups is 1. The first-order chi connectivity index (χ1) is 10.9. The van der Waals surface area contributed by atoms with Gasteiger partial charge in [-0.1, -0.05) is 6.92 Å². The predicted molar refractivity (Wildman–Crippen MR) is 92.7 cm³/mol. The summed E-state index contributed by atoms with van der Waals surface area (Å²) in [7, 11) is 0. The van der Waals surface area contributed by atoms with Crippen molar-refractivity contribution in [3.05, 3.63) is 33.5 Å². The number of carbonyl (C=O) groups excluding carboxylic acids is 1. The van der Waals surface area contributed by atoms with Crippen molar-refractivity contribution in [2.75, 3.05) is 0 Å². The van der Waals surface area contributed by atoms with Gasteiger partial charge < -0.3 is 10.6 Å². The van der Waals surface area contributed by atoms with Gasteiger partial charge in [-0.15, -0.1) is 11.3 Å². The summed E-state index contributed by atoms with van der Waals surface area (Å²) < 4.78 is 1.92. The van der Waals surface area contributed by atoms with E-state index in [-0.39, 0.29) is 18.1 Å². The molecule has 7 heteroatoms. The first-order valence-corrected chi connectivity index (χ1v) is 8.77. The van der Waals surface area contributed by atoms with Crippen LogP contribution in [0.25, 0.3) is 0 Å². The molecule has 0 aliphatic rings. The molecular formula is C16H25N5OS. The van der Waals surface area contributed by atoms with Crippen LogP contribution < -0.4 is 10.6 Å². The summed E-state index contributed by atoms with van der Waals surface area (Å²) in [5.41, 5.74) is 3.08. The molecule has 0 aliphatic heterocycles. The van der Waals surface area contributed by atoms with Crippen molar-refractivity contribution in [1.82, 2.24) is 25.4 Å². The Morgan fingerprint density at radius 1 is 1.30 bits per heavy atom. The van der Waals surface area contributed by atoms with Crippen molar-refractivity contribution in [2.24, 2.45) is 0 Å². The van der Waals surface area contributed by atoms with Gasteiger partial charge in [0.05, 0.1) is 18.3 Å². The number of thiazole rings is 1. The van der Waals surface area contributed by atoms with E-state index in [2.05, 4.69) is 20.7 Å². The molecule has 2 heterocycles. The lowest BCUT2D eigenvalue weighted by Crippen LogP contribution is -2.44. The van der Waals surface area contributed by atoms with Crippen LogP contribution in [0.2, 0.25) is 0 Å². The standard InChI is InChI=1S/C16H25N5OS/c1-6-14(15-17-12(4)9-23-15)19-16(22)18-11(3)8-21-13(5)7-10(2)20-21/h7,9,11,14H,6,8H2,1-5H3,(H2,18,19,22)/t11-,14+/m1/s1. The molecule has 0 bridgehead atoms. The van der Waals surface area contributed by atoms with E-state index in [1.165, 1.54) is 0 Å². The molecule has 23 heavy (non-hydrogen) atoms. The van der Waals surface area contributed by atoms with E-state index in [0.29, 0.717) is 6.54 Å². The number of rotatable bonds is 6. The monoisotopic (exact) mass is 335 g/mol. The van der Waals surface area contributed by atoms with Gasteiger partial charge in [-0.2, -0.15) is 5.10 Å². The normalized spacial score (nSPS) is 13.6. The molecule has 2 N–H and O–H groups in total. The first-order valence-electron chi connectivity index (χ1n) is 7.89. The fourth-order valence-electron chi connectivity index (χ4n) is 2.46. The summed E-state index contributed by atoms with van der Waals surface area (Å²) in [6.07, 6.45) is 0.812. The van der Waals surface area contributed by atoms with Gasteiger partial charge in [0.1, 0.15) is 5.01 Å². The minimum Gasteiger partial charge on any atom is -0.334 e. The Bertz CT molecular complexity index is 663. The minimum atomic E-state index is -0.168. The molecule has 2 rings (SSSR count). The Labute approximate surface area is 141 Å². The van der Waals surface area contributed by atoms with Crippen molar-refractivity contribution in [1.29, 1.82) is 0 Å². The highest BCUT2D eigenvalue weighted by atomic mass is 32.1. The van der Waals surface area contributed by atoms with Gasteiger partial charge in [-0.3, -0.25) is 4.68 Å². The number of urea groups is 1. The third kappa shape index (κ3) is 4.79. The van der Waals surface area contributed by atoms with Gasteiger partial charge in [0, 0.05) is 22.8 Å². The predicted octanol–water partition coefficient (Wildman–Crippen LogP) is 3.10. The first kappa shape index (κ1) is 17.5. The van der Waals surface area contributed by atoms with E-state index in [9.17, 15) is 4.79 Å². The molecule has 2 atom stereocenters. The minimum absolute atomic E-state index is 0.0106. The smallest absolute Gasteiger partial charge is 0.315 e. The maximum atomic E-state index is 12.2. The van der Waals surface area contributed by atoms with Crippen LogP contribution >= 0.6 is 11.3 Å². The van der Waals surface area contributed by atoms with Crippen LogP contribution in [-0.4, -0.2) is 26.8 Å². The van der Waals surface area contributed by atoms with Crippen LogP contribution in [0.5, 0.6) is 0 Å². The number of amides is 2. The molecule has 0 fully saturated rings. The van der Waals surface area contributed by atoms with E-state index in [0.717, 1.165) is 28.5 Å². The molecule has 0 saturated heterocycles. The van der Waals surface area contributed by atoms with Gasteiger partial charge in [0.2, 0.25) is 0 Å². The average molecular weight is 335 g/mol. The number of nitrogens with zero attached hydrogens (tertiary/aromatic N) is 3. The number of nitrogens with one attached hydrogen (secondary N) is 2. The Kier molecular flexibility index (Phi) is 5.76. The second kappa shape index (κ2) is 7.59. The quantitative estimate of drug-likeness (QED) is 0.852.